The number of hydrogen-bond acceptors (Lipinski definition) is 5. The first-order chi connectivity index (χ1) is 52.1. The Balaban J connectivity index is 0.0000000911. The molecule has 22 aromatic rings. The number of para-hydroxylation sites is 2. The van der Waals surface area contributed by atoms with Gasteiger partial charge in [0.15, 0.2) is 0 Å². The van der Waals surface area contributed by atoms with E-state index in [-0.39, 0.29) is 0 Å². The highest BCUT2D eigenvalue weighted by molar-refractivity contribution is 6.31. The molecule has 0 amide bonds. The van der Waals surface area contributed by atoms with E-state index in [0.717, 1.165) is 61.4 Å². The van der Waals surface area contributed by atoms with Gasteiger partial charge in [0.05, 0.1) is 0 Å². The molecular weight excluding hydrogens is 1290 g/mol. The average Bonchev–Trinajstić information content (AvgIpc) is 1.50. The van der Waals surface area contributed by atoms with E-state index >= 15 is 0 Å². The maximum atomic E-state index is 6.40. The van der Waals surface area contributed by atoms with Gasteiger partial charge in [-0.2, -0.15) is 0 Å². The third-order valence-electron chi connectivity index (χ3n) is 22.0. The summed E-state index contributed by atoms with van der Waals surface area (Å²) in [5.74, 6) is 0.646. The average molecular weight is 1370 g/mol. The quantitative estimate of drug-likeness (QED) is 0.161. The summed E-state index contributed by atoms with van der Waals surface area (Å²) in [5.41, 5.74) is 19.9. The smallest absolute Gasteiger partial charge is 0.143 e. The van der Waals surface area contributed by atoms with Crippen molar-refractivity contribution in [3.63, 3.8) is 0 Å². The Morgan fingerprint density at radius 1 is 0.226 bits per heavy atom. The van der Waals surface area contributed by atoms with E-state index in [0.29, 0.717) is 5.92 Å². The molecule has 5 heteroatoms. The van der Waals surface area contributed by atoms with Crippen molar-refractivity contribution < 1.29 is 22.1 Å². The first-order valence-electron chi connectivity index (χ1n) is 37.2. The third kappa shape index (κ3) is 11.2. The van der Waals surface area contributed by atoms with Gasteiger partial charge in [0.25, 0.3) is 0 Å². The van der Waals surface area contributed by atoms with E-state index in [4.69, 9.17) is 22.1 Å². The molecule has 17 aromatic carbocycles. The van der Waals surface area contributed by atoms with Crippen LogP contribution in [0.2, 0.25) is 0 Å². The summed E-state index contributed by atoms with van der Waals surface area (Å²) in [6.45, 7) is 10.6. The lowest BCUT2D eigenvalue weighted by molar-refractivity contribution is 0.442. The zero-order valence-electron chi connectivity index (χ0n) is 60.0. The fourth-order valence-electron chi connectivity index (χ4n) is 17.0. The van der Waals surface area contributed by atoms with Crippen molar-refractivity contribution in [1.29, 1.82) is 0 Å². The summed E-state index contributed by atoms with van der Waals surface area (Å²) in [4.78, 5) is 0. The highest BCUT2D eigenvalue weighted by Gasteiger charge is 2.24. The Labute approximate surface area is 613 Å². The predicted molar refractivity (Wildman–Crippen MR) is 449 cm³/mol. The highest BCUT2D eigenvalue weighted by atomic mass is 16.3. The number of fused-ring (bicyclic) bond motifs is 28. The van der Waals surface area contributed by atoms with Crippen LogP contribution in [0.25, 0.3) is 185 Å². The molecule has 1 aliphatic carbocycles. The molecule has 5 heterocycles. The second kappa shape index (κ2) is 26.5. The van der Waals surface area contributed by atoms with Gasteiger partial charge in [-0.05, 0) is 202 Å². The first kappa shape index (κ1) is 64.2. The van der Waals surface area contributed by atoms with Gasteiger partial charge < -0.3 is 22.1 Å². The number of furan rings is 5. The van der Waals surface area contributed by atoms with Crippen LogP contribution in [-0.4, -0.2) is 0 Å². The molecular formula is C101H76O5. The predicted octanol–water partition coefficient (Wildman–Crippen LogP) is 30.1. The van der Waals surface area contributed by atoms with Crippen molar-refractivity contribution in [3.05, 3.63) is 337 Å². The van der Waals surface area contributed by atoms with Gasteiger partial charge in [0.1, 0.15) is 55.8 Å². The molecule has 1 fully saturated rings. The molecule has 0 aliphatic heterocycles. The summed E-state index contributed by atoms with van der Waals surface area (Å²) in [6.07, 6.45) is 6.66. The molecule has 0 N–H and O–H groups in total. The Hall–Kier alpha value is -12.7. The van der Waals surface area contributed by atoms with Crippen molar-refractivity contribution >= 4 is 174 Å². The summed E-state index contributed by atoms with van der Waals surface area (Å²) in [7, 11) is 0. The zero-order valence-corrected chi connectivity index (χ0v) is 60.0. The topological polar surface area (TPSA) is 65.7 Å². The van der Waals surface area contributed by atoms with Crippen LogP contribution >= 0.6 is 0 Å². The molecule has 510 valence electrons. The normalized spacial score (nSPS) is 12.7. The van der Waals surface area contributed by atoms with Crippen LogP contribution in [0.4, 0.5) is 0 Å². The van der Waals surface area contributed by atoms with Crippen molar-refractivity contribution in [3.8, 4) is 11.1 Å². The largest absolute Gasteiger partial charge is 0.456 e. The lowest BCUT2D eigenvalue weighted by Crippen LogP contribution is -2.04. The second-order valence-electron chi connectivity index (χ2n) is 29.0. The van der Waals surface area contributed by atoms with Crippen LogP contribution in [0.3, 0.4) is 0 Å². The Morgan fingerprint density at radius 3 is 1.26 bits per heavy atom. The molecule has 1 saturated carbocycles. The Morgan fingerprint density at radius 2 is 0.642 bits per heavy atom. The molecule has 0 bridgehead atoms. The molecule has 0 radical (unpaired) electrons. The van der Waals surface area contributed by atoms with Gasteiger partial charge in [-0.3, -0.25) is 0 Å². The summed E-state index contributed by atoms with van der Waals surface area (Å²) in [6, 6.07) is 107. The minimum absolute atomic E-state index is 0.646. The van der Waals surface area contributed by atoms with Gasteiger partial charge in [-0.25, -0.2) is 0 Å². The van der Waals surface area contributed by atoms with Gasteiger partial charge in [-0.15, -0.1) is 0 Å². The van der Waals surface area contributed by atoms with Gasteiger partial charge in [0.2, 0.25) is 0 Å². The van der Waals surface area contributed by atoms with Crippen LogP contribution in [-0.2, 0) is 0 Å². The van der Waals surface area contributed by atoms with E-state index in [1.165, 1.54) is 190 Å². The monoisotopic (exact) mass is 1370 g/mol. The van der Waals surface area contributed by atoms with Crippen LogP contribution in [0.5, 0.6) is 0 Å². The maximum absolute atomic E-state index is 6.40. The molecule has 0 spiro atoms. The fraction of sp³-hybridized carbons (Fsp3) is 0.109. The molecule has 23 rings (SSSR count). The minimum atomic E-state index is 0.646. The van der Waals surface area contributed by atoms with Crippen LogP contribution in [0.1, 0.15) is 71.4 Å². The van der Waals surface area contributed by atoms with Crippen LogP contribution in [0, 0.1) is 34.6 Å². The number of benzene rings is 17. The summed E-state index contributed by atoms with van der Waals surface area (Å²) in [5, 5.41) is 27.5. The zero-order chi connectivity index (χ0) is 71.1. The van der Waals surface area contributed by atoms with E-state index in [2.05, 4.69) is 320 Å². The number of rotatable bonds is 2. The Kier molecular flexibility index (Phi) is 16.1. The first-order valence-corrected chi connectivity index (χ1v) is 37.2. The third-order valence-corrected chi connectivity index (χ3v) is 22.0. The molecule has 0 unspecified atom stereocenters. The van der Waals surface area contributed by atoms with E-state index < -0.39 is 0 Å². The fourth-order valence-corrected chi connectivity index (χ4v) is 17.0. The van der Waals surface area contributed by atoms with Crippen molar-refractivity contribution in [1.82, 2.24) is 0 Å². The molecule has 0 atom stereocenters. The van der Waals surface area contributed by atoms with Gasteiger partial charge >= 0.3 is 0 Å². The number of hydrogen-bond donors (Lipinski definition) is 0. The molecule has 5 aromatic heterocycles. The minimum Gasteiger partial charge on any atom is -0.456 e. The molecule has 106 heavy (non-hydrogen) atoms. The Bertz CT molecular complexity index is 7190. The summed E-state index contributed by atoms with van der Waals surface area (Å²) >= 11 is 0. The van der Waals surface area contributed by atoms with Crippen molar-refractivity contribution in [2.75, 3.05) is 0 Å². The van der Waals surface area contributed by atoms with Gasteiger partial charge in [0, 0.05) is 64.8 Å². The summed E-state index contributed by atoms with van der Waals surface area (Å²) < 4.78 is 30.9. The van der Waals surface area contributed by atoms with E-state index in [9.17, 15) is 0 Å². The van der Waals surface area contributed by atoms with Crippen LogP contribution in [0.15, 0.2) is 325 Å². The van der Waals surface area contributed by atoms with Crippen molar-refractivity contribution in [2.45, 2.75) is 72.6 Å². The lowest BCUT2D eigenvalue weighted by Gasteiger charge is -2.22. The van der Waals surface area contributed by atoms with E-state index in [1.807, 2.05) is 18.2 Å². The molecule has 5 nitrogen and oxygen atoms in total. The number of aryl methyl sites for hydroxylation is 5. The lowest BCUT2D eigenvalue weighted by atomic mass is 9.82. The molecule has 0 saturated heterocycles. The van der Waals surface area contributed by atoms with Crippen molar-refractivity contribution in [2.24, 2.45) is 0 Å². The maximum Gasteiger partial charge on any atom is 0.143 e. The van der Waals surface area contributed by atoms with Crippen LogP contribution < -0.4 is 0 Å². The highest BCUT2D eigenvalue weighted by Crippen LogP contribution is 2.47. The second-order valence-corrected chi connectivity index (χ2v) is 29.0. The van der Waals surface area contributed by atoms with E-state index in [1.54, 1.807) is 0 Å². The standard InChI is InChI=1S/C23H22O.C23H16O.C21H14O.2C17H12O/c2*1-15-11-12-21-20(13-15)22-18-10-6-5-9-17(18)14-19(23(22)24-21)16-7-3-2-4-8-16;1-13-10-11-19-18(12-13)20-16-8-4-2-6-14(16)15-7-3-5-9-17(15)21(20)22-19;1-11-5-4-8-14-16-13-7-3-2-6-12(13)9-10-15(16)18-17(11)14;1-11-10-12-6-2-3-7-13(12)16-14-8-4-5-9-15(14)18-17(11)16/h5-6,9-14,16H,2-4,7-8H2,1H3;2-14H,1H3;2-12H,1H3;2*2-10H,1H3. The SMILES string of the molecule is Cc1cc2ccccc2c2c1oc1ccccc12.Cc1ccc2oc3c(-c4ccccc4)cc4ccccc4c3c2c1.Cc1ccc2oc3c(C4CCCCC4)cc4ccccc4c3c2c1.Cc1ccc2oc3c4ccccc4c4ccccc4c3c2c1.Cc1cccc2c1oc1ccc3ccccc3c12. The van der Waals surface area contributed by atoms with Gasteiger partial charge in [-0.1, -0.05) is 273 Å². The molecule has 1 aliphatic rings.